The highest BCUT2D eigenvalue weighted by atomic mass is 15.2. The summed E-state index contributed by atoms with van der Waals surface area (Å²) < 4.78 is 0. The molecule has 1 N–H and O–H groups in total. The first-order valence-electron chi connectivity index (χ1n) is 6.38. The van der Waals surface area contributed by atoms with Crippen LogP contribution in [0.3, 0.4) is 0 Å². The third kappa shape index (κ3) is 4.51. The maximum atomic E-state index is 8.90. The molecule has 0 aromatic rings. The summed E-state index contributed by atoms with van der Waals surface area (Å²) >= 11 is 0. The van der Waals surface area contributed by atoms with Gasteiger partial charge in [-0.15, -0.1) is 0 Å². The number of nitrogens with one attached hydrogen (secondary N) is 1. The average Bonchev–Trinajstić information content (AvgIpc) is 2.72. The van der Waals surface area contributed by atoms with Crippen molar-refractivity contribution in [2.75, 3.05) is 26.7 Å². The largest absolute Gasteiger partial charge is 0.316 e. The van der Waals surface area contributed by atoms with Crippen molar-refractivity contribution in [2.24, 2.45) is 5.41 Å². The average molecular weight is 223 g/mol. The molecule has 1 atom stereocenters. The fraction of sp³-hybridized carbons (Fsp3) is 0.923. The van der Waals surface area contributed by atoms with E-state index in [9.17, 15) is 0 Å². The van der Waals surface area contributed by atoms with Gasteiger partial charge in [-0.2, -0.15) is 5.26 Å². The van der Waals surface area contributed by atoms with E-state index in [2.05, 4.69) is 16.3 Å². The Hall–Kier alpha value is -0.590. The van der Waals surface area contributed by atoms with Crippen LogP contribution in [-0.4, -0.2) is 37.6 Å². The number of likely N-dealkylation sites (tertiary alicyclic amines) is 1. The minimum Gasteiger partial charge on any atom is -0.316 e. The van der Waals surface area contributed by atoms with Crippen molar-refractivity contribution in [2.45, 2.75) is 45.6 Å². The van der Waals surface area contributed by atoms with Gasteiger partial charge in [-0.3, -0.25) is 0 Å². The van der Waals surface area contributed by atoms with E-state index in [0.29, 0.717) is 6.04 Å². The van der Waals surface area contributed by atoms with Crippen molar-refractivity contribution < 1.29 is 0 Å². The lowest BCUT2D eigenvalue weighted by molar-refractivity contribution is 0.310. The lowest BCUT2D eigenvalue weighted by Crippen LogP contribution is -2.30. The first-order valence-corrected chi connectivity index (χ1v) is 6.38. The summed E-state index contributed by atoms with van der Waals surface area (Å²) in [5.74, 6) is 0. The van der Waals surface area contributed by atoms with Gasteiger partial charge in [0.15, 0.2) is 0 Å². The summed E-state index contributed by atoms with van der Waals surface area (Å²) in [4.78, 5) is 2.53. The molecule has 1 saturated heterocycles. The van der Waals surface area contributed by atoms with Crippen LogP contribution in [0.2, 0.25) is 0 Å². The molecule has 3 heteroatoms. The van der Waals surface area contributed by atoms with Crippen molar-refractivity contribution in [3.63, 3.8) is 0 Å². The van der Waals surface area contributed by atoms with Gasteiger partial charge in [0.1, 0.15) is 0 Å². The van der Waals surface area contributed by atoms with E-state index in [1.54, 1.807) is 0 Å². The number of nitrogens with zero attached hydrogens (tertiary/aromatic N) is 2. The number of likely N-dealkylation sites (N-methyl/N-ethyl adjacent to an activating group) is 1. The molecule has 0 spiro atoms. The SMILES string of the molecule is CNC1CCN(CCCCC(C)(C)C#N)C1. The predicted octanol–water partition coefficient (Wildman–Crippen LogP) is 2.00. The van der Waals surface area contributed by atoms with E-state index < -0.39 is 0 Å². The Morgan fingerprint density at radius 1 is 1.44 bits per heavy atom. The highest BCUT2D eigenvalue weighted by Gasteiger charge is 2.20. The zero-order valence-electron chi connectivity index (χ0n) is 10.9. The maximum absolute atomic E-state index is 8.90. The van der Waals surface area contributed by atoms with E-state index in [-0.39, 0.29) is 5.41 Å². The van der Waals surface area contributed by atoms with Crippen molar-refractivity contribution in [3.8, 4) is 6.07 Å². The van der Waals surface area contributed by atoms with Crippen LogP contribution in [0.15, 0.2) is 0 Å². The van der Waals surface area contributed by atoms with Gasteiger partial charge in [-0.1, -0.05) is 6.42 Å². The molecular weight excluding hydrogens is 198 g/mol. The molecule has 1 aliphatic heterocycles. The Morgan fingerprint density at radius 3 is 2.75 bits per heavy atom. The molecule has 0 aliphatic carbocycles. The molecule has 0 aromatic heterocycles. The second-order valence-corrected chi connectivity index (χ2v) is 5.53. The first kappa shape index (κ1) is 13.5. The van der Waals surface area contributed by atoms with E-state index >= 15 is 0 Å². The monoisotopic (exact) mass is 223 g/mol. The predicted molar refractivity (Wildman–Crippen MR) is 67.1 cm³/mol. The lowest BCUT2D eigenvalue weighted by Gasteiger charge is -2.18. The Balaban J connectivity index is 2.07. The molecule has 1 heterocycles. The molecule has 0 aromatic carbocycles. The van der Waals surface area contributed by atoms with Crippen molar-refractivity contribution in [3.05, 3.63) is 0 Å². The lowest BCUT2D eigenvalue weighted by atomic mass is 9.89. The van der Waals surface area contributed by atoms with Crippen LogP contribution in [0.4, 0.5) is 0 Å². The first-order chi connectivity index (χ1) is 7.57. The minimum absolute atomic E-state index is 0.140. The van der Waals surface area contributed by atoms with Gasteiger partial charge in [0.2, 0.25) is 0 Å². The fourth-order valence-electron chi connectivity index (χ4n) is 2.23. The van der Waals surface area contributed by atoms with Crippen LogP contribution < -0.4 is 5.32 Å². The summed E-state index contributed by atoms with van der Waals surface area (Å²) in [5.41, 5.74) is -0.140. The number of rotatable bonds is 6. The second-order valence-electron chi connectivity index (χ2n) is 5.53. The van der Waals surface area contributed by atoms with E-state index in [1.807, 2.05) is 20.9 Å². The molecule has 1 fully saturated rings. The number of hydrogen-bond acceptors (Lipinski definition) is 3. The second kappa shape index (κ2) is 6.22. The number of unbranched alkanes of at least 4 members (excludes halogenated alkanes) is 1. The Kier molecular flexibility index (Phi) is 5.24. The molecule has 16 heavy (non-hydrogen) atoms. The van der Waals surface area contributed by atoms with Crippen molar-refractivity contribution in [1.82, 2.24) is 10.2 Å². The van der Waals surface area contributed by atoms with E-state index in [4.69, 9.17) is 5.26 Å². The Morgan fingerprint density at radius 2 is 2.19 bits per heavy atom. The molecule has 0 bridgehead atoms. The minimum atomic E-state index is -0.140. The van der Waals surface area contributed by atoms with Crippen LogP contribution in [0.25, 0.3) is 0 Å². The van der Waals surface area contributed by atoms with Gasteiger partial charge in [-0.25, -0.2) is 0 Å². The molecule has 1 unspecified atom stereocenters. The van der Waals surface area contributed by atoms with Crippen LogP contribution in [0.5, 0.6) is 0 Å². The van der Waals surface area contributed by atoms with Crippen LogP contribution in [0.1, 0.15) is 39.5 Å². The quantitative estimate of drug-likeness (QED) is 0.700. The zero-order chi connectivity index (χ0) is 12.0. The smallest absolute Gasteiger partial charge is 0.0683 e. The molecule has 0 amide bonds. The summed E-state index contributed by atoms with van der Waals surface area (Å²) in [6, 6.07) is 3.05. The molecular formula is C13H25N3. The van der Waals surface area contributed by atoms with Crippen LogP contribution >= 0.6 is 0 Å². The van der Waals surface area contributed by atoms with Crippen molar-refractivity contribution >= 4 is 0 Å². The highest BCUT2D eigenvalue weighted by Crippen LogP contribution is 2.22. The van der Waals surface area contributed by atoms with Gasteiger partial charge in [0, 0.05) is 12.6 Å². The summed E-state index contributed by atoms with van der Waals surface area (Å²) in [5, 5.41) is 12.2. The van der Waals surface area contributed by atoms with Gasteiger partial charge >= 0.3 is 0 Å². The molecule has 0 radical (unpaired) electrons. The third-order valence-corrected chi connectivity index (χ3v) is 3.51. The maximum Gasteiger partial charge on any atom is 0.0683 e. The normalized spacial score (nSPS) is 22.2. The zero-order valence-corrected chi connectivity index (χ0v) is 10.9. The van der Waals surface area contributed by atoms with E-state index in [1.165, 1.54) is 38.9 Å². The number of nitriles is 1. The topological polar surface area (TPSA) is 39.1 Å². The third-order valence-electron chi connectivity index (χ3n) is 3.51. The van der Waals surface area contributed by atoms with Crippen LogP contribution in [0, 0.1) is 16.7 Å². The molecule has 1 aliphatic rings. The standard InChI is InChI=1S/C13H25N3/c1-13(2,11-14)7-4-5-8-16-9-6-12(10-16)15-3/h12,15H,4-10H2,1-3H3. The number of hydrogen-bond donors (Lipinski definition) is 1. The molecule has 1 rings (SSSR count). The molecule has 92 valence electrons. The van der Waals surface area contributed by atoms with Crippen LogP contribution in [-0.2, 0) is 0 Å². The van der Waals surface area contributed by atoms with Gasteiger partial charge in [0.25, 0.3) is 0 Å². The molecule has 0 saturated carbocycles. The van der Waals surface area contributed by atoms with Gasteiger partial charge in [0.05, 0.1) is 11.5 Å². The summed E-state index contributed by atoms with van der Waals surface area (Å²) in [7, 11) is 2.05. The van der Waals surface area contributed by atoms with Crippen molar-refractivity contribution in [1.29, 1.82) is 5.26 Å². The van der Waals surface area contributed by atoms with E-state index in [0.717, 1.165) is 6.42 Å². The Labute approximate surface area is 99.8 Å². The fourth-order valence-corrected chi connectivity index (χ4v) is 2.23. The molecule has 3 nitrogen and oxygen atoms in total. The van der Waals surface area contributed by atoms with Gasteiger partial charge in [-0.05, 0) is 53.2 Å². The highest BCUT2D eigenvalue weighted by molar-refractivity contribution is 4.91. The van der Waals surface area contributed by atoms with Gasteiger partial charge < -0.3 is 10.2 Å². The summed E-state index contributed by atoms with van der Waals surface area (Å²) in [6.07, 6.45) is 4.69. The summed E-state index contributed by atoms with van der Waals surface area (Å²) in [6.45, 7) is 7.67. The Bertz CT molecular complexity index is 242.